The minimum atomic E-state index is 0.832. The van der Waals surface area contributed by atoms with Gasteiger partial charge in [0.1, 0.15) is 0 Å². The maximum absolute atomic E-state index is 4.21. The molecule has 0 bridgehead atoms. The number of dihydropyridines is 2. The first-order chi connectivity index (χ1) is 12.9. The van der Waals surface area contributed by atoms with Crippen molar-refractivity contribution in [2.45, 2.75) is 0 Å². The number of pyridine rings is 1. The lowest BCUT2D eigenvalue weighted by Crippen LogP contribution is -2.12. The lowest BCUT2D eigenvalue weighted by Gasteiger charge is -2.21. The first-order valence-corrected chi connectivity index (χ1v) is 8.84. The van der Waals surface area contributed by atoms with E-state index < -0.39 is 0 Å². The molecule has 2 aromatic rings. The summed E-state index contributed by atoms with van der Waals surface area (Å²) in [6.07, 6.45) is 16.5. The zero-order valence-corrected chi connectivity index (χ0v) is 14.5. The summed E-state index contributed by atoms with van der Waals surface area (Å²) in [5, 5.41) is 6.50. The Balaban J connectivity index is 2.01. The fourth-order valence-electron chi connectivity index (χ4n) is 3.31. The van der Waals surface area contributed by atoms with Crippen molar-refractivity contribution in [3.05, 3.63) is 114 Å². The summed E-state index contributed by atoms with van der Waals surface area (Å²) >= 11 is 0. The Bertz CT molecular complexity index is 839. The van der Waals surface area contributed by atoms with Gasteiger partial charge >= 0.3 is 0 Å². The third kappa shape index (κ3) is 3.38. The van der Waals surface area contributed by atoms with E-state index in [0.717, 1.165) is 13.1 Å². The van der Waals surface area contributed by atoms with Crippen molar-refractivity contribution < 1.29 is 0 Å². The van der Waals surface area contributed by atoms with Crippen molar-refractivity contribution in [3.63, 3.8) is 0 Å². The van der Waals surface area contributed by atoms with Gasteiger partial charge in [0.15, 0.2) is 0 Å². The van der Waals surface area contributed by atoms with Crippen LogP contribution in [0.4, 0.5) is 0 Å². The molecule has 3 nitrogen and oxygen atoms in total. The second-order valence-electron chi connectivity index (χ2n) is 6.15. The summed E-state index contributed by atoms with van der Waals surface area (Å²) < 4.78 is 0. The van der Waals surface area contributed by atoms with Crippen molar-refractivity contribution in [3.8, 4) is 0 Å². The molecule has 0 amide bonds. The molecule has 0 spiro atoms. The lowest BCUT2D eigenvalue weighted by atomic mass is 9.84. The van der Waals surface area contributed by atoms with Crippen LogP contribution in [0.15, 0.2) is 103 Å². The van der Waals surface area contributed by atoms with Gasteiger partial charge in [-0.25, -0.2) is 0 Å². The van der Waals surface area contributed by atoms with E-state index >= 15 is 0 Å². The highest BCUT2D eigenvalue weighted by atomic mass is 14.8. The maximum Gasteiger partial charge on any atom is 0.0334 e. The molecule has 0 radical (unpaired) electrons. The number of hydrogen-bond acceptors (Lipinski definition) is 3. The second-order valence-corrected chi connectivity index (χ2v) is 6.15. The molecule has 0 aliphatic carbocycles. The van der Waals surface area contributed by atoms with Crippen molar-refractivity contribution >= 4 is 11.1 Å². The van der Waals surface area contributed by atoms with Gasteiger partial charge in [0.25, 0.3) is 0 Å². The van der Waals surface area contributed by atoms with E-state index in [4.69, 9.17) is 0 Å². The number of rotatable bonds is 4. The van der Waals surface area contributed by atoms with Crippen molar-refractivity contribution in [1.82, 2.24) is 15.6 Å². The van der Waals surface area contributed by atoms with Crippen LogP contribution in [0.3, 0.4) is 0 Å². The summed E-state index contributed by atoms with van der Waals surface area (Å²) in [6, 6.07) is 14.8. The molecule has 3 heteroatoms. The van der Waals surface area contributed by atoms with Gasteiger partial charge in [-0.15, -0.1) is 0 Å². The monoisotopic (exact) mass is 339 g/mol. The third-order valence-corrected chi connectivity index (χ3v) is 4.50. The van der Waals surface area contributed by atoms with Gasteiger partial charge in [0.2, 0.25) is 0 Å². The van der Waals surface area contributed by atoms with Crippen LogP contribution in [0.5, 0.6) is 0 Å². The summed E-state index contributed by atoms with van der Waals surface area (Å²) in [4.78, 5) is 4.21. The van der Waals surface area contributed by atoms with Crippen molar-refractivity contribution in [2.24, 2.45) is 0 Å². The Morgan fingerprint density at radius 2 is 1.23 bits per heavy atom. The highest BCUT2D eigenvalue weighted by molar-refractivity contribution is 6.06. The fourth-order valence-corrected chi connectivity index (χ4v) is 3.31. The Hall–Kier alpha value is -3.33. The number of nitrogens with one attached hydrogen (secondary N) is 2. The summed E-state index contributed by atoms with van der Waals surface area (Å²) in [5.74, 6) is 0. The van der Waals surface area contributed by atoms with Crippen LogP contribution in [0.2, 0.25) is 0 Å². The molecule has 0 unspecified atom stereocenters. The highest BCUT2D eigenvalue weighted by Crippen LogP contribution is 2.38. The van der Waals surface area contributed by atoms with Gasteiger partial charge in [-0.05, 0) is 70.1 Å². The average molecular weight is 339 g/mol. The molecule has 4 rings (SSSR count). The van der Waals surface area contributed by atoms with E-state index in [-0.39, 0.29) is 0 Å². The first kappa shape index (κ1) is 16.2. The van der Waals surface area contributed by atoms with E-state index in [1.165, 1.54) is 33.4 Å². The average Bonchev–Trinajstić information content (AvgIpc) is 2.74. The molecular weight excluding hydrogens is 318 g/mol. The minimum absolute atomic E-state index is 0.832. The van der Waals surface area contributed by atoms with Gasteiger partial charge in [-0.2, -0.15) is 0 Å². The molecular formula is C23H21N3. The first-order valence-electron chi connectivity index (χ1n) is 8.84. The topological polar surface area (TPSA) is 37.0 Å². The minimum Gasteiger partial charge on any atom is -0.387 e. The zero-order chi connectivity index (χ0) is 17.6. The quantitative estimate of drug-likeness (QED) is 0.881. The molecule has 3 heterocycles. The van der Waals surface area contributed by atoms with E-state index in [1.807, 2.05) is 24.8 Å². The highest BCUT2D eigenvalue weighted by Gasteiger charge is 2.18. The molecule has 128 valence electrons. The van der Waals surface area contributed by atoms with Crippen LogP contribution in [0.1, 0.15) is 11.1 Å². The van der Waals surface area contributed by atoms with Gasteiger partial charge in [0, 0.05) is 25.5 Å². The van der Waals surface area contributed by atoms with Crippen LogP contribution >= 0.6 is 0 Å². The Labute approximate surface area is 154 Å². The number of allylic oxidation sites excluding steroid dienone is 6. The summed E-state index contributed by atoms with van der Waals surface area (Å²) in [6.45, 7) is 1.67. The van der Waals surface area contributed by atoms with Crippen molar-refractivity contribution in [2.75, 3.05) is 13.1 Å². The molecule has 0 fully saturated rings. The fraction of sp³-hybridized carbons (Fsp3) is 0.0870. The molecule has 2 aliphatic rings. The molecule has 2 N–H and O–H groups in total. The normalized spacial score (nSPS) is 16.8. The Morgan fingerprint density at radius 3 is 1.73 bits per heavy atom. The van der Waals surface area contributed by atoms with Gasteiger partial charge < -0.3 is 10.6 Å². The standard InChI is InChI=1S/C23H21N3/c1-2-4-18(5-3-1)22(19-6-12-24-13-7-19)23(20-8-14-25-15-9-20)21-10-16-26-17-11-21/h1-12,14-16,24,26H,13,17H2/b23-22+. The Kier molecular flexibility index (Phi) is 4.79. The third-order valence-electron chi connectivity index (χ3n) is 4.50. The maximum atomic E-state index is 4.21. The number of hydrogen-bond donors (Lipinski definition) is 2. The number of aromatic nitrogens is 1. The number of nitrogens with zero attached hydrogens (tertiary/aromatic N) is 1. The van der Waals surface area contributed by atoms with Gasteiger partial charge in [0.05, 0.1) is 0 Å². The van der Waals surface area contributed by atoms with Crippen LogP contribution in [0.25, 0.3) is 11.1 Å². The van der Waals surface area contributed by atoms with E-state index in [2.05, 4.69) is 82.4 Å². The van der Waals surface area contributed by atoms with E-state index in [0.29, 0.717) is 0 Å². The van der Waals surface area contributed by atoms with Crippen LogP contribution in [-0.2, 0) is 0 Å². The molecule has 1 aromatic heterocycles. The smallest absolute Gasteiger partial charge is 0.0334 e. The Morgan fingerprint density at radius 1 is 0.692 bits per heavy atom. The zero-order valence-electron chi connectivity index (χ0n) is 14.5. The summed E-state index contributed by atoms with van der Waals surface area (Å²) in [5.41, 5.74) is 7.31. The van der Waals surface area contributed by atoms with Crippen LogP contribution < -0.4 is 10.6 Å². The van der Waals surface area contributed by atoms with Crippen molar-refractivity contribution in [1.29, 1.82) is 0 Å². The summed E-state index contributed by atoms with van der Waals surface area (Å²) in [7, 11) is 0. The molecule has 0 saturated carbocycles. The second kappa shape index (κ2) is 7.70. The van der Waals surface area contributed by atoms with E-state index in [1.54, 1.807) is 0 Å². The lowest BCUT2D eigenvalue weighted by molar-refractivity contribution is 0.963. The number of benzene rings is 1. The molecule has 0 saturated heterocycles. The molecule has 26 heavy (non-hydrogen) atoms. The largest absolute Gasteiger partial charge is 0.387 e. The molecule has 1 aromatic carbocycles. The van der Waals surface area contributed by atoms with Crippen LogP contribution in [-0.4, -0.2) is 18.1 Å². The molecule has 2 aliphatic heterocycles. The predicted octanol–water partition coefficient (Wildman–Crippen LogP) is 4.08. The SMILES string of the molecule is C1=CC(/C(=C(/C2=CCNC=C2)c2ccncc2)c2ccccc2)=CCN1. The van der Waals surface area contributed by atoms with E-state index in [9.17, 15) is 0 Å². The van der Waals surface area contributed by atoms with Crippen LogP contribution in [0, 0.1) is 0 Å². The van der Waals surface area contributed by atoms with Gasteiger partial charge in [-0.3, -0.25) is 4.98 Å². The predicted molar refractivity (Wildman–Crippen MR) is 108 cm³/mol. The van der Waals surface area contributed by atoms with Gasteiger partial charge in [-0.1, -0.05) is 42.5 Å². The molecule has 0 atom stereocenters.